The van der Waals surface area contributed by atoms with E-state index < -0.39 is 24.3 Å². The molecule has 140 valence electrons. The minimum Gasteiger partial charge on any atom is -0.456 e. The van der Waals surface area contributed by atoms with Crippen LogP contribution in [0.25, 0.3) is 10.7 Å². The average Bonchev–Trinajstić information content (AvgIpc) is 3.32. The Morgan fingerprint density at radius 1 is 1.33 bits per heavy atom. The van der Waals surface area contributed by atoms with Crippen LogP contribution in [0.1, 0.15) is 17.9 Å². The summed E-state index contributed by atoms with van der Waals surface area (Å²) in [6.07, 6.45) is 0.209. The Morgan fingerprint density at radius 3 is 2.93 bits per heavy atom. The summed E-state index contributed by atoms with van der Waals surface area (Å²) in [5.74, 6) is -0.764. The molecule has 1 N–H and O–H groups in total. The van der Waals surface area contributed by atoms with E-state index in [1.54, 1.807) is 19.1 Å². The molecule has 3 rings (SSSR count). The molecule has 0 aliphatic carbocycles. The zero-order valence-electron chi connectivity index (χ0n) is 14.4. The summed E-state index contributed by atoms with van der Waals surface area (Å²) in [5, 5.41) is 8.21. The lowest BCUT2D eigenvalue weighted by atomic mass is 10.2. The third-order valence-electron chi connectivity index (χ3n) is 3.57. The molecule has 27 heavy (non-hydrogen) atoms. The number of amides is 1. The van der Waals surface area contributed by atoms with Crippen molar-refractivity contribution in [2.75, 3.05) is 11.9 Å². The smallest absolute Gasteiger partial charge is 0.306 e. The molecule has 0 atom stereocenters. The van der Waals surface area contributed by atoms with E-state index in [1.165, 1.54) is 17.4 Å². The van der Waals surface area contributed by atoms with Crippen LogP contribution in [0, 0.1) is 12.7 Å². The first kappa shape index (κ1) is 18.7. The summed E-state index contributed by atoms with van der Waals surface area (Å²) < 4.78 is 23.4. The molecule has 0 fully saturated rings. The number of carbonyl (C=O) groups is 2. The van der Waals surface area contributed by atoms with Crippen molar-refractivity contribution in [3.8, 4) is 10.7 Å². The van der Waals surface area contributed by atoms with Gasteiger partial charge in [-0.25, -0.2) is 4.39 Å². The largest absolute Gasteiger partial charge is 0.456 e. The van der Waals surface area contributed by atoms with E-state index in [-0.39, 0.29) is 12.8 Å². The molecule has 0 saturated heterocycles. The molecule has 0 aliphatic rings. The Labute approximate surface area is 158 Å². The van der Waals surface area contributed by atoms with Crippen molar-refractivity contribution in [2.45, 2.75) is 19.8 Å². The predicted octanol–water partition coefficient (Wildman–Crippen LogP) is 3.36. The van der Waals surface area contributed by atoms with Gasteiger partial charge in [0.25, 0.3) is 5.91 Å². The van der Waals surface area contributed by atoms with Gasteiger partial charge in [-0.3, -0.25) is 9.59 Å². The molecule has 0 unspecified atom stereocenters. The second-order valence-corrected chi connectivity index (χ2v) is 6.61. The fraction of sp³-hybridized carbons (Fsp3) is 0.222. The van der Waals surface area contributed by atoms with Gasteiger partial charge in [-0.2, -0.15) is 4.98 Å². The highest BCUT2D eigenvalue weighted by molar-refractivity contribution is 7.13. The second kappa shape index (κ2) is 8.54. The summed E-state index contributed by atoms with van der Waals surface area (Å²) in [5.41, 5.74) is 0.772. The molecule has 1 amide bonds. The zero-order chi connectivity index (χ0) is 19.2. The molecular formula is C18H16FN3O4S. The molecule has 0 bridgehead atoms. The number of nitrogens with zero attached hydrogens (tertiary/aromatic N) is 2. The fourth-order valence-corrected chi connectivity index (χ4v) is 2.81. The quantitative estimate of drug-likeness (QED) is 0.623. The number of carbonyl (C=O) groups excluding carboxylic acids is 2. The Kier molecular flexibility index (Phi) is 5.92. The minimum atomic E-state index is -0.573. The van der Waals surface area contributed by atoms with Crippen LogP contribution in [-0.4, -0.2) is 28.6 Å². The number of thiophene rings is 1. The Morgan fingerprint density at radius 2 is 2.19 bits per heavy atom. The maximum absolute atomic E-state index is 13.4. The number of hydrogen-bond donors (Lipinski definition) is 1. The maximum atomic E-state index is 13.4. The topological polar surface area (TPSA) is 94.3 Å². The van der Waals surface area contributed by atoms with Crippen molar-refractivity contribution < 1.29 is 23.2 Å². The molecule has 9 heteroatoms. The summed E-state index contributed by atoms with van der Waals surface area (Å²) in [7, 11) is 0. The molecular weight excluding hydrogens is 373 g/mol. The Hall–Kier alpha value is -3.07. The molecule has 1 aromatic carbocycles. The van der Waals surface area contributed by atoms with Crippen molar-refractivity contribution >= 4 is 28.9 Å². The fourth-order valence-electron chi connectivity index (χ4n) is 2.16. The highest BCUT2D eigenvalue weighted by atomic mass is 32.1. The first-order valence-electron chi connectivity index (χ1n) is 8.09. The van der Waals surface area contributed by atoms with E-state index in [0.29, 0.717) is 23.0 Å². The normalized spacial score (nSPS) is 10.6. The van der Waals surface area contributed by atoms with Gasteiger partial charge in [0.2, 0.25) is 11.7 Å². The molecule has 0 aliphatic heterocycles. The lowest BCUT2D eigenvalue weighted by Gasteiger charge is -2.07. The van der Waals surface area contributed by atoms with Crippen molar-refractivity contribution in [3.63, 3.8) is 0 Å². The van der Waals surface area contributed by atoms with E-state index >= 15 is 0 Å². The van der Waals surface area contributed by atoms with Crippen molar-refractivity contribution in [1.29, 1.82) is 0 Å². The van der Waals surface area contributed by atoms with E-state index in [0.717, 1.165) is 4.88 Å². The van der Waals surface area contributed by atoms with E-state index in [2.05, 4.69) is 15.5 Å². The van der Waals surface area contributed by atoms with Crippen LogP contribution < -0.4 is 5.32 Å². The monoisotopic (exact) mass is 389 g/mol. The van der Waals surface area contributed by atoms with E-state index in [9.17, 15) is 14.0 Å². The number of esters is 1. The summed E-state index contributed by atoms with van der Waals surface area (Å²) >= 11 is 1.48. The number of benzene rings is 1. The van der Waals surface area contributed by atoms with Crippen molar-refractivity contribution in [2.24, 2.45) is 0 Å². The van der Waals surface area contributed by atoms with E-state index in [1.807, 2.05) is 17.5 Å². The summed E-state index contributed by atoms with van der Waals surface area (Å²) in [6, 6.07) is 8.07. The van der Waals surface area contributed by atoms with Gasteiger partial charge in [0, 0.05) is 12.1 Å². The Bertz CT molecular complexity index is 940. The number of ether oxygens (including phenoxy) is 1. The number of halogens is 1. The summed E-state index contributed by atoms with van der Waals surface area (Å²) in [6.45, 7) is 1.16. The Balaban J connectivity index is 1.41. The summed E-state index contributed by atoms with van der Waals surface area (Å²) in [4.78, 5) is 28.6. The number of rotatable bonds is 7. The molecule has 2 heterocycles. The maximum Gasteiger partial charge on any atom is 0.306 e. The molecule has 0 radical (unpaired) electrons. The van der Waals surface area contributed by atoms with Gasteiger partial charge in [-0.15, -0.1) is 11.3 Å². The predicted molar refractivity (Wildman–Crippen MR) is 96.7 cm³/mol. The van der Waals surface area contributed by atoms with Gasteiger partial charge in [-0.05, 0) is 36.1 Å². The van der Waals surface area contributed by atoms with Gasteiger partial charge in [0.05, 0.1) is 11.3 Å². The van der Waals surface area contributed by atoms with Gasteiger partial charge in [-0.1, -0.05) is 17.3 Å². The first-order valence-corrected chi connectivity index (χ1v) is 8.97. The number of aryl methyl sites for hydroxylation is 2. The zero-order valence-corrected chi connectivity index (χ0v) is 15.2. The lowest BCUT2D eigenvalue weighted by molar-refractivity contribution is -0.147. The lowest BCUT2D eigenvalue weighted by Crippen LogP contribution is -2.21. The van der Waals surface area contributed by atoms with Crippen molar-refractivity contribution in [1.82, 2.24) is 10.1 Å². The van der Waals surface area contributed by atoms with Gasteiger partial charge in [0.1, 0.15) is 5.82 Å². The second-order valence-electron chi connectivity index (χ2n) is 5.66. The van der Waals surface area contributed by atoms with Crippen LogP contribution in [0.5, 0.6) is 0 Å². The van der Waals surface area contributed by atoms with Crippen molar-refractivity contribution in [3.05, 3.63) is 53.0 Å². The third-order valence-corrected chi connectivity index (χ3v) is 4.44. The first-order chi connectivity index (χ1) is 13.0. The molecule has 7 nitrogen and oxygen atoms in total. The third kappa shape index (κ3) is 5.20. The highest BCUT2D eigenvalue weighted by Gasteiger charge is 2.13. The minimum absolute atomic E-state index is 0.00147. The number of anilines is 1. The highest BCUT2D eigenvalue weighted by Crippen LogP contribution is 2.21. The van der Waals surface area contributed by atoms with Crippen LogP contribution >= 0.6 is 11.3 Å². The molecule has 3 aromatic rings. The SMILES string of the molecule is Cc1ccc(NC(=O)COC(=O)CCc2nc(-c3cccs3)no2)cc1F. The van der Waals surface area contributed by atoms with E-state index in [4.69, 9.17) is 9.26 Å². The number of aromatic nitrogens is 2. The average molecular weight is 389 g/mol. The van der Waals surface area contributed by atoms with Crippen LogP contribution in [0.4, 0.5) is 10.1 Å². The standard InChI is InChI=1S/C18H16FN3O4S/c1-11-4-5-12(9-13(11)19)20-15(23)10-25-17(24)7-6-16-21-18(22-26-16)14-3-2-8-27-14/h2-5,8-9H,6-7,10H2,1H3,(H,20,23). The van der Waals surface area contributed by atoms with Gasteiger partial charge >= 0.3 is 5.97 Å². The number of nitrogens with one attached hydrogen (secondary N) is 1. The van der Waals surface area contributed by atoms with Crippen LogP contribution in [0.3, 0.4) is 0 Å². The van der Waals surface area contributed by atoms with Crippen LogP contribution in [-0.2, 0) is 20.7 Å². The number of hydrogen-bond acceptors (Lipinski definition) is 7. The van der Waals surface area contributed by atoms with Gasteiger partial charge < -0.3 is 14.6 Å². The molecule has 0 saturated carbocycles. The van der Waals surface area contributed by atoms with Crippen LogP contribution in [0.15, 0.2) is 40.2 Å². The molecule has 0 spiro atoms. The van der Waals surface area contributed by atoms with Crippen LogP contribution in [0.2, 0.25) is 0 Å². The van der Waals surface area contributed by atoms with Gasteiger partial charge in [0.15, 0.2) is 6.61 Å². The molecule has 2 aromatic heterocycles.